The number of ether oxygens (including phenoxy) is 1. The summed E-state index contributed by atoms with van der Waals surface area (Å²) in [5, 5.41) is 0. The SMILES string of the molecule is Cc1ncc(C(=O)N2CCOC(c3ccncc3)C2)c(C)n1. The van der Waals surface area contributed by atoms with Crippen LogP contribution in [-0.4, -0.2) is 45.5 Å². The average Bonchev–Trinajstić information content (AvgIpc) is 2.55. The molecular formula is C16H18N4O2. The number of hydrogen-bond donors (Lipinski definition) is 0. The van der Waals surface area contributed by atoms with Crippen LogP contribution in [0.1, 0.15) is 33.5 Å². The van der Waals surface area contributed by atoms with E-state index in [-0.39, 0.29) is 12.0 Å². The van der Waals surface area contributed by atoms with E-state index in [0.29, 0.717) is 36.8 Å². The largest absolute Gasteiger partial charge is 0.370 e. The van der Waals surface area contributed by atoms with Gasteiger partial charge in [0.15, 0.2) is 0 Å². The van der Waals surface area contributed by atoms with Crippen molar-refractivity contribution in [1.82, 2.24) is 19.9 Å². The topological polar surface area (TPSA) is 68.2 Å². The number of aromatic nitrogens is 3. The third-order valence-corrected chi connectivity index (χ3v) is 3.76. The molecule has 1 amide bonds. The van der Waals surface area contributed by atoms with Crippen LogP contribution in [0.4, 0.5) is 0 Å². The second-order valence-electron chi connectivity index (χ2n) is 5.31. The van der Waals surface area contributed by atoms with Crippen molar-refractivity contribution in [2.45, 2.75) is 20.0 Å². The Hall–Kier alpha value is -2.34. The highest BCUT2D eigenvalue weighted by Crippen LogP contribution is 2.23. The minimum absolute atomic E-state index is 0.0418. The minimum atomic E-state index is -0.118. The smallest absolute Gasteiger partial charge is 0.257 e. The maximum Gasteiger partial charge on any atom is 0.257 e. The van der Waals surface area contributed by atoms with E-state index in [1.807, 2.05) is 26.0 Å². The van der Waals surface area contributed by atoms with Gasteiger partial charge in [-0.3, -0.25) is 9.78 Å². The van der Waals surface area contributed by atoms with Gasteiger partial charge < -0.3 is 9.64 Å². The molecule has 114 valence electrons. The van der Waals surface area contributed by atoms with Crippen LogP contribution in [0, 0.1) is 13.8 Å². The highest BCUT2D eigenvalue weighted by molar-refractivity contribution is 5.95. The fraction of sp³-hybridized carbons (Fsp3) is 0.375. The number of rotatable bonds is 2. The molecule has 3 rings (SSSR count). The molecule has 0 radical (unpaired) electrons. The summed E-state index contributed by atoms with van der Waals surface area (Å²) >= 11 is 0. The number of aryl methyl sites for hydroxylation is 2. The molecule has 1 aliphatic rings. The van der Waals surface area contributed by atoms with Crippen molar-refractivity contribution in [3.05, 3.63) is 53.4 Å². The molecule has 0 aliphatic carbocycles. The molecule has 6 heteroatoms. The number of carbonyl (C=O) groups is 1. The maximum absolute atomic E-state index is 12.7. The molecule has 1 unspecified atom stereocenters. The highest BCUT2D eigenvalue weighted by atomic mass is 16.5. The Labute approximate surface area is 129 Å². The fourth-order valence-electron chi connectivity index (χ4n) is 2.58. The van der Waals surface area contributed by atoms with Gasteiger partial charge in [0.1, 0.15) is 11.9 Å². The summed E-state index contributed by atoms with van der Waals surface area (Å²) < 4.78 is 5.78. The van der Waals surface area contributed by atoms with Crippen molar-refractivity contribution in [2.24, 2.45) is 0 Å². The van der Waals surface area contributed by atoms with E-state index in [1.165, 1.54) is 0 Å². The average molecular weight is 298 g/mol. The van der Waals surface area contributed by atoms with Gasteiger partial charge >= 0.3 is 0 Å². The third kappa shape index (κ3) is 2.96. The molecule has 1 aliphatic heterocycles. The highest BCUT2D eigenvalue weighted by Gasteiger charge is 2.27. The van der Waals surface area contributed by atoms with Gasteiger partial charge in [0.05, 0.1) is 24.4 Å². The van der Waals surface area contributed by atoms with Gasteiger partial charge in [-0.1, -0.05) is 0 Å². The van der Waals surface area contributed by atoms with Crippen molar-refractivity contribution in [3.8, 4) is 0 Å². The summed E-state index contributed by atoms with van der Waals surface area (Å²) in [7, 11) is 0. The van der Waals surface area contributed by atoms with Crippen molar-refractivity contribution in [3.63, 3.8) is 0 Å². The molecular weight excluding hydrogens is 280 g/mol. The first-order valence-corrected chi connectivity index (χ1v) is 7.26. The lowest BCUT2D eigenvalue weighted by Gasteiger charge is -2.33. The molecule has 22 heavy (non-hydrogen) atoms. The van der Waals surface area contributed by atoms with Gasteiger partial charge in [-0.15, -0.1) is 0 Å². The zero-order valence-electron chi connectivity index (χ0n) is 12.7. The lowest BCUT2D eigenvalue weighted by atomic mass is 10.1. The first-order chi connectivity index (χ1) is 10.6. The normalized spacial score (nSPS) is 18.3. The van der Waals surface area contributed by atoms with Crippen molar-refractivity contribution < 1.29 is 9.53 Å². The molecule has 1 fully saturated rings. The number of carbonyl (C=O) groups excluding carboxylic acids is 1. The Morgan fingerprint density at radius 2 is 2.09 bits per heavy atom. The third-order valence-electron chi connectivity index (χ3n) is 3.76. The predicted molar refractivity (Wildman–Crippen MR) is 80.3 cm³/mol. The maximum atomic E-state index is 12.7. The van der Waals surface area contributed by atoms with Crippen molar-refractivity contribution >= 4 is 5.91 Å². The van der Waals surface area contributed by atoms with Gasteiger partial charge in [0.25, 0.3) is 5.91 Å². The van der Waals surface area contributed by atoms with Crippen LogP contribution in [0.5, 0.6) is 0 Å². The Morgan fingerprint density at radius 1 is 1.32 bits per heavy atom. The van der Waals surface area contributed by atoms with Crippen LogP contribution in [-0.2, 0) is 4.74 Å². The molecule has 0 saturated carbocycles. The molecule has 6 nitrogen and oxygen atoms in total. The number of pyridine rings is 1. The van der Waals surface area contributed by atoms with E-state index in [2.05, 4.69) is 15.0 Å². The van der Waals surface area contributed by atoms with E-state index in [4.69, 9.17) is 4.74 Å². The number of nitrogens with zero attached hydrogens (tertiary/aromatic N) is 4. The zero-order chi connectivity index (χ0) is 15.5. The Bertz CT molecular complexity index is 675. The molecule has 1 atom stereocenters. The molecule has 1 saturated heterocycles. The monoisotopic (exact) mass is 298 g/mol. The van der Waals surface area contributed by atoms with Crippen molar-refractivity contribution in [2.75, 3.05) is 19.7 Å². The molecule has 3 heterocycles. The van der Waals surface area contributed by atoms with Crippen LogP contribution >= 0.6 is 0 Å². The summed E-state index contributed by atoms with van der Waals surface area (Å²) in [6.45, 7) is 5.27. The number of amides is 1. The Balaban J connectivity index is 1.78. The van der Waals surface area contributed by atoms with Crippen LogP contribution in [0.2, 0.25) is 0 Å². The van der Waals surface area contributed by atoms with Gasteiger partial charge in [-0.2, -0.15) is 0 Å². The summed E-state index contributed by atoms with van der Waals surface area (Å²) in [4.78, 5) is 26.9. The number of morpholine rings is 1. The van der Waals surface area contributed by atoms with Crippen LogP contribution in [0.25, 0.3) is 0 Å². The van der Waals surface area contributed by atoms with Crippen molar-refractivity contribution in [1.29, 1.82) is 0 Å². The molecule has 0 bridgehead atoms. The molecule has 2 aromatic rings. The van der Waals surface area contributed by atoms with E-state index >= 15 is 0 Å². The van der Waals surface area contributed by atoms with Gasteiger partial charge in [0, 0.05) is 25.1 Å². The van der Waals surface area contributed by atoms with Crippen LogP contribution in [0.15, 0.2) is 30.7 Å². The molecule has 0 spiro atoms. The second kappa shape index (κ2) is 6.19. The van der Waals surface area contributed by atoms with Gasteiger partial charge in [-0.25, -0.2) is 9.97 Å². The lowest BCUT2D eigenvalue weighted by molar-refractivity contribution is -0.0229. The molecule has 2 aromatic heterocycles. The number of hydrogen-bond acceptors (Lipinski definition) is 5. The van der Waals surface area contributed by atoms with Gasteiger partial charge in [0.2, 0.25) is 0 Å². The quantitative estimate of drug-likeness (QED) is 0.844. The summed E-state index contributed by atoms with van der Waals surface area (Å²) in [6.07, 6.45) is 4.96. The van der Waals surface area contributed by atoms with Crippen LogP contribution in [0.3, 0.4) is 0 Å². The Kier molecular flexibility index (Phi) is 4.11. The molecule has 0 aromatic carbocycles. The standard InChI is InChI=1S/C16H18N4O2/c1-11-14(9-18-12(2)19-11)16(21)20-7-8-22-15(10-20)13-3-5-17-6-4-13/h3-6,9,15H,7-8,10H2,1-2H3. The lowest BCUT2D eigenvalue weighted by Crippen LogP contribution is -2.42. The fourth-order valence-corrected chi connectivity index (χ4v) is 2.58. The van der Waals surface area contributed by atoms with Gasteiger partial charge in [-0.05, 0) is 31.5 Å². The van der Waals surface area contributed by atoms with E-state index in [1.54, 1.807) is 23.5 Å². The minimum Gasteiger partial charge on any atom is -0.370 e. The second-order valence-corrected chi connectivity index (χ2v) is 5.31. The van der Waals surface area contributed by atoms with E-state index in [0.717, 1.165) is 5.56 Å². The predicted octanol–water partition coefficient (Wildman–Crippen LogP) is 1.70. The summed E-state index contributed by atoms with van der Waals surface area (Å²) in [5.41, 5.74) is 2.30. The Morgan fingerprint density at radius 3 is 2.82 bits per heavy atom. The van der Waals surface area contributed by atoms with E-state index < -0.39 is 0 Å². The van der Waals surface area contributed by atoms with Crippen LogP contribution < -0.4 is 0 Å². The first kappa shape index (κ1) is 14.6. The van der Waals surface area contributed by atoms with E-state index in [9.17, 15) is 4.79 Å². The molecule has 0 N–H and O–H groups in total. The summed E-state index contributed by atoms with van der Waals surface area (Å²) in [6, 6.07) is 3.83. The summed E-state index contributed by atoms with van der Waals surface area (Å²) in [5.74, 6) is 0.630. The first-order valence-electron chi connectivity index (χ1n) is 7.26. The zero-order valence-corrected chi connectivity index (χ0v) is 12.7.